The van der Waals surface area contributed by atoms with Crippen LogP contribution < -0.4 is 5.32 Å². The second-order valence-electron chi connectivity index (χ2n) is 4.28. The SMILES string of the molecule is O=C1NC(=O)C(S(=O)(=O)c2ccc3ccccc3c2)S1. The first-order chi connectivity index (χ1) is 9.48. The van der Waals surface area contributed by atoms with Crippen LogP contribution in [0.1, 0.15) is 0 Å². The molecular formula is C13H9NO4S2. The molecule has 102 valence electrons. The first-order valence-electron chi connectivity index (χ1n) is 5.73. The van der Waals surface area contributed by atoms with Gasteiger partial charge in [-0.15, -0.1) is 0 Å². The molecular weight excluding hydrogens is 298 g/mol. The highest BCUT2D eigenvalue weighted by Crippen LogP contribution is 2.30. The lowest BCUT2D eigenvalue weighted by Gasteiger charge is -2.08. The average Bonchev–Trinajstić information content (AvgIpc) is 2.78. The summed E-state index contributed by atoms with van der Waals surface area (Å²) < 4.78 is 23.4. The molecule has 2 aromatic carbocycles. The van der Waals surface area contributed by atoms with E-state index in [-0.39, 0.29) is 4.90 Å². The molecule has 1 atom stereocenters. The first-order valence-corrected chi connectivity index (χ1v) is 8.15. The summed E-state index contributed by atoms with van der Waals surface area (Å²) >= 11 is 0.493. The van der Waals surface area contributed by atoms with E-state index >= 15 is 0 Å². The molecule has 1 saturated heterocycles. The molecule has 3 rings (SSSR count). The Hall–Kier alpha value is -1.86. The molecule has 1 unspecified atom stereocenters. The number of fused-ring (bicyclic) bond motifs is 1. The normalized spacial score (nSPS) is 19.3. The second kappa shape index (κ2) is 4.60. The molecule has 2 amide bonds. The van der Waals surface area contributed by atoms with E-state index in [0.29, 0.717) is 11.8 Å². The summed E-state index contributed by atoms with van der Waals surface area (Å²) in [6, 6.07) is 12.0. The Morgan fingerprint density at radius 3 is 2.35 bits per heavy atom. The molecule has 0 saturated carbocycles. The van der Waals surface area contributed by atoms with Crippen molar-refractivity contribution in [3.05, 3.63) is 42.5 Å². The molecule has 2 aromatic rings. The van der Waals surface area contributed by atoms with Crippen molar-refractivity contribution in [3.8, 4) is 0 Å². The first kappa shape index (κ1) is 13.1. The third-order valence-electron chi connectivity index (χ3n) is 2.98. The van der Waals surface area contributed by atoms with Crippen LogP contribution >= 0.6 is 11.8 Å². The minimum atomic E-state index is -3.88. The van der Waals surface area contributed by atoms with Crippen LogP contribution in [0.15, 0.2) is 47.4 Å². The number of hydrogen-bond donors (Lipinski definition) is 1. The van der Waals surface area contributed by atoms with E-state index < -0.39 is 25.6 Å². The fraction of sp³-hybridized carbons (Fsp3) is 0.0769. The summed E-state index contributed by atoms with van der Waals surface area (Å²) in [5.41, 5.74) is 0. The summed E-state index contributed by atoms with van der Waals surface area (Å²) in [6.45, 7) is 0. The monoisotopic (exact) mass is 307 g/mol. The van der Waals surface area contributed by atoms with E-state index in [9.17, 15) is 18.0 Å². The standard InChI is InChI=1S/C13H9NO4S2/c15-11-12(19-13(16)14-11)20(17,18)10-6-5-8-3-1-2-4-9(8)7-10/h1-7,12H,(H,14,15,16). The van der Waals surface area contributed by atoms with Crippen molar-refractivity contribution in [1.29, 1.82) is 0 Å². The van der Waals surface area contributed by atoms with Crippen LogP contribution in [0.5, 0.6) is 0 Å². The van der Waals surface area contributed by atoms with E-state index in [2.05, 4.69) is 0 Å². The summed E-state index contributed by atoms with van der Waals surface area (Å²) in [6.07, 6.45) is 0. The summed E-state index contributed by atoms with van der Waals surface area (Å²) in [7, 11) is -3.88. The highest BCUT2D eigenvalue weighted by atomic mass is 32.3. The van der Waals surface area contributed by atoms with E-state index in [1.165, 1.54) is 12.1 Å². The van der Waals surface area contributed by atoms with Gasteiger partial charge in [0.1, 0.15) is 0 Å². The number of amides is 2. The van der Waals surface area contributed by atoms with Crippen LogP contribution in [0.3, 0.4) is 0 Å². The second-order valence-corrected chi connectivity index (χ2v) is 7.69. The van der Waals surface area contributed by atoms with E-state index in [0.717, 1.165) is 10.8 Å². The van der Waals surface area contributed by atoms with Gasteiger partial charge in [-0.25, -0.2) is 8.42 Å². The van der Waals surface area contributed by atoms with Crippen molar-refractivity contribution in [1.82, 2.24) is 5.32 Å². The molecule has 1 heterocycles. The maximum Gasteiger partial charge on any atom is 0.287 e. The van der Waals surface area contributed by atoms with Crippen LogP contribution in [-0.2, 0) is 14.6 Å². The number of sulfone groups is 1. The molecule has 0 aliphatic carbocycles. The van der Waals surface area contributed by atoms with Crippen LogP contribution in [-0.4, -0.2) is 24.1 Å². The topological polar surface area (TPSA) is 80.3 Å². The number of thioether (sulfide) groups is 1. The van der Waals surface area contributed by atoms with Crippen molar-refractivity contribution in [3.63, 3.8) is 0 Å². The third-order valence-corrected chi connectivity index (χ3v) is 6.47. The van der Waals surface area contributed by atoms with Gasteiger partial charge in [0.25, 0.3) is 11.1 Å². The van der Waals surface area contributed by atoms with Crippen LogP contribution in [0.2, 0.25) is 0 Å². The molecule has 1 aliphatic heterocycles. The van der Waals surface area contributed by atoms with Gasteiger partial charge >= 0.3 is 0 Å². The van der Waals surface area contributed by atoms with Crippen LogP contribution in [0.4, 0.5) is 4.79 Å². The van der Waals surface area contributed by atoms with Crippen molar-refractivity contribution < 1.29 is 18.0 Å². The number of hydrogen-bond acceptors (Lipinski definition) is 5. The number of imide groups is 1. The Balaban J connectivity index is 2.09. The minimum absolute atomic E-state index is 0.0403. The molecule has 1 N–H and O–H groups in total. The fourth-order valence-electron chi connectivity index (χ4n) is 2.01. The van der Waals surface area contributed by atoms with Gasteiger partial charge < -0.3 is 0 Å². The molecule has 5 nitrogen and oxygen atoms in total. The average molecular weight is 307 g/mol. The summed E-state index contributed by atoms with van der Waals surface area (Å²) in [5.74, 6) is -0.784. The summed E-state index contributed by atoms with van der Waals surface area (Å²) in [5, 5.41) is 3.03. The number of benzene rings is 2. The smallest absolute Gasteiger partial charge is 0.285 e. The zero-order valence-electron chi connectivity index (χ0n) is 10.1. The molecule has 0 aromatic heterocycles. The van der Waals surface area contributed by atoms with Crippen molar-refractivity contribution in [2.75, 3.05) is 0 Å². The molecule has 0 spiro atoms. The zero-order valence-corrected chi connectivity index (χ0v) is 11.7. The molecule has 20 heavy (non-hydrogen) atoms. The maximum atomic E-state index is 12.4. The number of nitrogens with one attached hydrogen (secondary N) is 1. The Morgan fingerprint density at radius 1 is 1.00 bits per heavy atom. The van der Waals surface area contributed by atoms with Crippen LogP contribution in [0, 0.1) is 0 Å². The predicted octanol–water partition coefficient (Wildman–Crippen LogP) is 1.92. The Labute approximate surface area is 119 Å². The zero-order chi connectivity index (χ0) is 14.3. The maximum absolute atomic E-state index is 12.4. The lowest BCUT2D eigenvalue weighted by Crippen LogP contribution is -2.30. The van der Waals surface area contributed by atoms with Gasteiger partial charge in [0, 0.05) is 0 Å². The molecule has 0 radical (unpaired) electrons. The molecule has 7 heteroatoms. The van der Waals surface area contributed by atoms with Crippen molar-refractivity contribution in [2.45, 2.75) is 9.48 Å². The molecule has 1 aliphatic rings. The summed E-state index contributed by atoms with van der Waals surface area (Å²) in [4.78, 5) is 22.7. The van der Waals surface area contributed by atoms with E-state index in [1.54, 1.807) is 18.2 Å². The number of rotatable bonds is 2. The Morgan fingerprint density at radius 2 is 1.70 bits per heavy atom. The van der Waals surface area contributed by atoms with Crippen molar-refractivity contribution in [2.24, 2.45) is 0 Å². The Kier molecular flexibility index (Phi) is 3.02. The number of carbonyl (C=O) groups excluding carboxylic acids is 2. The van der Waals surface area contributed by atoms with Gasteiger partial charge in [0.15, 0.2) is 14.4 Å². The highest BCUT2D eigenvalue weighted by molar-refractivity contribution is 8.24. The third kappa shape index (κ3) is 2.08. The highest BCUT2D eigenvalue weighted by Gasteiger charge is 2.42. The number of carbonyl (C=O) groups is 2. The Bertz CT molecular complexity index is 829. The van der Waals surface area contributed by atoms with Crippen LogP contribution in [0.25, 0.3) is 10.8 Å². The largest absolute Gasteiger partial charge is 0.287 e. The predicted molar refractivity (Wildman–Crippen MR) is 76.1 cm³/mol. The fourth-order valence-corrected chi connectivity index (χ4v) is 4.77. The van der Waals surface area contributed by atoms with Gasteiger partial charge in [-0.2, -0.15) is 0 Å². The lowest BCUT2D eigenvalue weighted by molar-refractivity contribution is -0.117. The van der Waals surface area contributed by atoms with E-state index in [1.807, 2.05) is 17.4 Å². The minimum Gasteiger partial charge on any atom is -0.285 e. The van der Waals surface area contributed by atoms with Gasteiger partial charge in [0.05, 0.1) is 4.90 Å². The van der Waals surface area contributed by atoms with Crippen molar-refractivity contribution >= 4 is 43.5 Å². The van der Waals surface area contributed by atoms with Gasteiger partial charge in [0.2, 0.25) is 0 Å². The lowest BCUT2D eigenvalue weighted by atomic mass is 10.1. The van der Waals surface area contributed by atoms with Gasteiger partial charge in [-0.1, -0.05) is 30.3 Å². The molecule has 0 bridgehead atoms. The molecule has 1 fully saturated rings. The van der Waals surface area contributed by atoms with Gasteiger partial charge in [-0.05, 0) is 34.7 Å². The van der Waals surface area contributed by atoms with E-state index in [4.69, 9.17) is 0 Å². The quantitative estimate of drug-likeness (QED) is 0.917. The van der Waals surface area contributed by atoms with Gasteiger partial charge in [-0.3, -0.25) is 14.9 Å².